The summed E-state index contributed by atoms with van der Waals surface area (Å²) in [5, 5.41) is 14.5. The van der Waals surface area contributed by atoms with Crippen LogP contribution in [0.5, 0.6) is 0 Å². The predicted molar refractivity (Wildman–Crippen MR) is 146 cm³/mol. The van der Waals surface area contributed by atoms with E-state index in [0.717, 1.165) is 6.07 Å². The maximum absolute atomic E-state index is 13.4. The van der Waals surface area contributed by atoms with Gasteiger partial charge in [0.15, 0.2) is 17.3 Å². The molecule has 194 valence electrons. The SMILES string of the molecule is Nc1c(C(=O)Nc2cc3c(cc2Br)C(=O)c2ccccc2C3=O)cc([N+](=O)[O-])c2c1C(=O)c1ccccc1C2=O. The lowest BCUT2D eigenvalue weighted by atomic mass is 9.81. The standard InChI is InChI=1S/C29H14BrN3O7/c30-19-9-16-17(26(35)13-6-2-1-5-12(13)25(16)34)10-20(19)32-29(38)18-11-21(33(39)40)22-23(24(18)31)28(37)15-8-4-3-7-14(15)27(22)36/h1-11H,31H2,(H,32,38). The van der Waals surface area contributed by atoms with Crippen molar-refractivity contribution in [2.45, 2.75) is 0 Å². The number of nitrogens with two attached hydrogens (primary N) is 1. The topological polar surface area (TPSA) is 167 Å². The van der Waals surface area contributed by atoms with Crippen LogP contribution in [0.15, 0.2) is 71.2 Å². The molecule has 0 unspecified atom stereocenters. The highest BCUT2D eigenvalue weighted by Gasteiger charge is 2.39. The van der Waals surface area contributed by atoms with Gasteiger partial charge in [-0.25, -0.2) is 0 Å². The van der Waals surface area contributed by atoms with E-state index >= 15 is 0 Å². The predicted octanol–water partition coefficient (Wildman–Crippen LogP) is 4.74. The molecule has 0 aromatic heterocycles. The monoisotopic (exact) mass is 595 g/mol. The third kappa shape index (κ3) is 3.52. The van der Waals surface area contributed by atoms with E-state index in [9.17, 15) is 34.1 Å². The lowest BCUT2D eigenvalue weighted by molar-refractivity contribution is -0.385. The maximum atomic E-state index is 13.4. The first-order chi connectivity index (χ1) is 19.1. The van der Waals surface area contributed by atoms with Gasteiger partial charge in [0.25, 0.3) is 11.6 Å². The minimum atomic E-state index is -0.932. The molecule has 11 heteroatoms. The Balaban J connectivity index is 1.44. The van der Waals surface area contributed by atoms with E-state index in [1.807, 2.05) is 0 Å². The molecule has 6 rings (SSSR count). The Morgan fingerprint density at radius 2 is 1.20 bits per heavy atom. The second-order valence-electron chi connectivity index (χ2n) is 9.10. The number of rotatable bonds is 3. The van der Waals surface area contributed by atoms with Gasteiger partial charge in [-0.1, -0.05) is 48.5 Å². The number of nitrogen functional groups attached to an aromatic ring is 1. The van der Waals surface area contributed by atoms with Crippen LogP contribution in [0, 0.1) is 10.1 Å². The zero-order chi connectivity index (χ0) is 28.5. The second-order valence-corrected chi connectivity index (χ2v) is 9.96. The number of halogens is 1. The fraction of sp³-hybridized carbons (Fsp3) is 0. The number of carbonyl (C=O) groups is 5. The van der Waals surface area contributed by atoms with Crippen molar-refractivity contribution in [2.24, 2.45) is 0 Å². The Kier molecular flexibility index (Phi) is 5.56. The summed E-state index contributed by atoms with van der Waals surface area (Å²) in [5.41, 5.74) is 4.51. The lowest BCUT2D eigenvalue weighted by Gasteiger charge is -2.21. The first-order valence-electron chi connectivity index (χ1n) is 11.7. The lowest BCUT2D eigenvalue weighted by Crippen LogP contribution is -2.26. The molecule has 4 aromatic carbocycles. The molecule has 10 nitrogen and oxygen atoms in total. The molecule has 0 saturated carbocycles. The number of hydrogen-bond donors (Lipinski definition) is 2. The zero-order valence-electron chi connectivity index (χ0n) is 20.1. The van der Waals surface area contributed by atoms with Crippen molar-refractivity contribution in [3.8, 4) is 0 Å². The van der Waals surface area contributed by atoms with Crippen LogP contribution < -0.4 is 11.1 Å². The van der Waals surface area contributed by atoms with E-state index in [2.05, 4.69) is 21.2 Å². The number of ketones is 4. The van der Waals surface area contributed by atoms with Crippen LogP contribution in [0.2, 0.25) is 0 Å². The van der Waals surface area contributed by atoms with E-state index in [1.165, 1.54) is 42.5 Å². The average molecular weight is 596 g/mol. The van der Waals surface area contributed by atoms with E-state index in [0.29, 0.717) is 0 Å². The molecule has 0 atom stereocenters. The van der Waals surface area contributed by atoms with E-state index < -0.39 is 56.2 Å². The van der Waals surface area contributed by atoms with Gasteiger partial charge < -0.3 is 11.1 Å². The van der Waals surface area contributed by atoms with Crippen LogP contribution in [0.3, 0.4) is 0 Å². The largest absolute Gasteiger partial charge is 0.397 e. The molecule has 0 saturated heterocycles. The van der Waals surface area contributed by atoms with Gasteiger partial charge in [0.1, 0.15) is 5.56 Å². The first kappa shape index (κ1) is 25.0. The summed E-state index contributed by atoms with van der Waals surface area (Å²) in [4.78, 5) is 77.1. The Bertz CT molecular complexity index is 1930. The number of carbonyl (C=O) groups excluding carboxylic acids is 5. The number of benzene rings is 4. The van der Waals surface area contributed by atoms with Gasteiger partial charge in [-0.3, -0.25) is 34.1 Å². The zero-order valence-corrected chi connectivity index (χ0v) is 21.7. The van der Waals surface area contributed by atoms with E-state index in [4.69, 9.17) is 5.73 Å². The summed E-state index contributed by atoms with van der Waals surface area (Å²) in [6.45, 7) is 0. The summed E-state index contributed by atoms with van der Waals surface area (Å²) in [5.74, 6) is -3.19. The summed E-state index contributed by atoms with van der Waals surface area (Å²) in [7, 11) is 0. The molecular weight excluding hydrogens is 582 g/mol. The Morgan fingerprint density at radius 3 is 1.73 bits per heavy atom. The van der Waals surface area contributed by atoms with Gasteiger partial charge in [0.2, 0.25) is 5.78 Å². The molecule has 4 aromatic rings. The summed E-state index contributed by atoms with van der Waals surface area (Å²) < 4.78 is 0.256. The van der Waals surface area contributed by atoms with Gasteiger partial charge in [0.05, 0.1) is 27.4 Å². The molecule has 40 heavy (non-hydrogen) atoms. The quantitative estimate of drug-likeness (QED) is 0.168. The Hall–Kier alpha value is -5.29. The second kappa shape index (κ2) is 8.89. The molecule has 2 aliphatic rings. The van der Waals surface area contributed by atoms with Crippen molar-refractivity contribution >= 4 is 62.0 Å². The van der Waals surface area contributed by atoms with E-state index in [-0.39, 0.29) is 49.3 Å². The van der Waals surface area contributed by atoms with Gasteiger partial charge in [-0.05, 0) is 28.1 Å². The summed E-state index contributed by atoms with van der Waals surface area (Å²) in [6, 6.07) is 15.8. The van der Waals surface area contributed by atoms with Crippen LogP contribution in [0.1, 0.15) is 74.0 Å². The highest BCUT2D eigenvalue weighted by atomic mass is 79.9. The molecule has 0 bridgehead atoms. The minimum Gasteiger partial charge on any atom is -0.397 e. The average Bonchev–Trinajstić information content (AvgIpc) is 2.95. The molecule has 2 aliphatic carbocycles. The fourth-order valence-corrected chi connectivity index (χ4v) is 5.48. The van der Waals surface area contributed by atoms with Gasteiger partial charge in [-0.15, -0.1) is 0 Å². The van der Waals surface area contributed by atoms with Crippen molar-refractivity contribution < 1.29 is 28.9 Å². The highest BCUT2D eigenvalue weighted by Crippen LogP contribution is 2.39. The molecule has 0 fully saturated rings. The van der Waals surface area contributed by atoms with Crippen LogP contribution in [0.25, 0.3) is 0 Å². The minimum absolute atomic E-state index is 0.00141. The number of hydrogen-bond acceptors (Lipinski definition) is 8. The van der Waals surface area contributed by atoms with Crippen molar-refractivity contribution in [1.82, 2.24) is 0 Å². The van der Waals surface area contributed by atoms with E-state index in [1.54, 1.807) is 18.2 Å². The molecule has 0 radical (unpaired) electrons. The smallest absolute Gasteiger partial charge is 0.282 e. The normalized spacial score (nSPS) is 13.2. The molecule has 0 heterocycles. The van der Waals surface area contributed by atoms with Gasteiger partial charge in [-0.2, -0.15) is 0 Å². The van der Waals surface area contributed by atoms with Crippen LogP contribution >= 0.6 is 15.9 Å². The van der Waals surface area contributed by atoms with Crippen molar-refractivity contribution in [3.05, 3.63) is 131 Å². The number of nitrogens with zero attached hydrogens (tertiary/aromatic N) is 1. The highest BCUT2D eigenvalue weighted by molar-refractivity contribution is 9.10. The van der Waals surface area contributed by atoms with Crippen LogP contribution in [-0.2, 0) is 0 Å². The van der Waals surface area contributed by atoms with Crippen molar-refractivity contribution in [3.63, 3.8) is 0 Å². The van der Waals surface area contributed by atoms with Crippen LogP contribution in [0.4, 0.5) is 17.1 Å². The number of fused-ring (bicyclic) bond motifs is 4. The number of nitro groups is 1. The summed E-state index contributed by atoms with van der Waals surface area (Å²) >= 11 is 3.30. The first-order valence-corrected chi connectivity index (χ1v) is 12.5. The molecule has 1 amide bonds. The van der Waals surface area contributed by atoms with Crippen LogP contribution in [-0.4, -0.2) is 34.0 Å². The third-order valence-corrected chi connectivity index (χ3v) is 7.58. The number of amides is 1. The van der Waals surface area contributed by atoms with Gasteiger partial charge >= 0.3 is 0 Å². The Morgan fingerprint density at radius 1 is 0.725 bits per heavy atom. The number of nitro benzene ring substituents is 1. The third-order valence-electron chi connectivity index (χ3n) is 6.92. The van der Waals surface area contributed by atoms with Crippen molar-refractivity contribution in [1.29, 1.82) is 0 Å². The number of nitrogens with one attached hydrogen (secondary N) is 1. The Labute approximate surface area is 233 Å². The summed E-state index contributed by atoms with van der Waals surface area (Å²) in [6.07, 6.45) is 0. The van der Waals surface area contributed by atoms with Crippen molar-refractivity contribution in [2.75, 3.05) is 11.1 Å². The fourth-order valence-electron chi connectivity index (χ4n) is 5.03. The maximum Gasteiger partial charge on any atom is 0.282 e. The molecule has 0 spiro atoms. The molecule has 3 N–H and O–H groups in total. The molecular formula is C29H14BrN3O7. The molecule has 0 aliphatic heterocycles. The number of anilines is 2. The van der Waals surface area contributed by atoms with Gasteiger partial charge in [0, 0.05) is 43.9 Å².